The molecule has 0 spiro atoms. The predicted molar refractivity (Wildman–Crippen MR) is 155 cm³/mol. The van der Waals surface area contributed by atoms with E-state index in [1.54, 1.807) is 11.3 Å². The van der Waals surface area contributed by atoms with E-state index in [9.17, 15) is 0 Å². The van der Waals surface area contributed by atoms with Gasteiger partial charge in [0.05, 0.1) is 48.8 Å². The molecule has 0 aliphatic carbocycles. The lowest BCUT2D eigenvalue weighted by Gasteiger charge is -2.31. The molecule has 0 amide bonds. The van der Waals surface area contributed by atoms with Gasteiger partial charge in [-0.15, -0.1) is 0 Å². The summed E-state index contributed by atoms with van der Waals surface area (Å²) in [6, 6.07) is 8.77. The summed E-state index contributed by atoms with van der Waals surface area (Å²) < 4.78 is 5.65. The maximum Gasteiger partial charge on any atom is 0.162 e. The summed E-state index contributed by atoms with van der Waals surface area (Å²) in [7, 11) is 0. The summed E-state index contributed by atoms with van der Waals surface area (Å²) >= 11 is 1.71. The molecule has 3 aliphatic rings. The van der Waals surface area contributed by atoms with Crippen LogP contribution in [0.1, 0.15) is 50.9 Å². The van der Waals surface area contributed by atoms with Crippen molar-refractivity contribution in [3.8, 4) is 0 Å². The molecule has 200 valence electrons. The number of nitrogens with one attached hydrogen (secondary N) is 3. The maximum absolute atomic E-state index is 5.65. The van der Waals surface area contributed by atoms with Gasteiger partial charge in [-0.25, -0.2) is 9.98 Å². The van der Waals surface area contributed by atoms with E-state index in [4.69, 9.17) is 14.7 Å². The van der Waals surface area contributed by atoms with Crippen molar-refractivity contribution in [2.45, 2.75) is 52.5 Å². The van der Waals surface area contributed by atoms with Gasteiger partial charge in [-0.2, -0.15) is 11.3 Å². The molecule has 2 saturated heterocycles. The molecule has 0 bridgehead atoms. The summed E-state index contributed by atoms with van der Waals surface area (Å²) in [6.07, 6.45) is 5.31. The van der Waals surface area contributed by atoms with Gasteiger partial charge in [-0.3, -0.25) is 0 Å². The Labute approximate surface area is 228 Å². The molecule has 0 atom stereocenters. The van der Waals surface area contributed by atoms with Crippen molar-refractivity contribution < 1.29 is 4.74 Å². The number of fused-ring (bicyclic) bond motifs is 2. The van der Waals surface area contributed by atoms with Crippen molar-refractivity contribution in [2.24, 2.45) is 4.99 Å². The third kappa shape index (κ3) is 5.05. The number of morpholine rings is 1. The molecule has 2 fully saturated rings. The number of hydrogen-bond donors (Lipinski definition) is 3. The van der Waals surface area contributed by atoms with Crippen LogP contribution in [0.25, 0.3) is 11.0 Å². The highest BCUT2D eigenvalue weighted by Gasteiger charge is 2.32. The minimum atomic E-state index is 0.634. The van der Waals surface area contributed by atoms with Crippen LogP contribution >= 0.6 is 11.3 Å². The van der Waals surface area contributed by atoms with Gasteiger partial charge in [0.25, 0.3) is 0 Å². The van der Waals surface area contributed by atoms with Gasteiger partial charge in [-0.1, -0.05) is 26.3 Å². The number of thiophene rings is 1. The number of benzene rings is 1. The number of ether oxygens (including phenoxy) is 1. The smallest absolute Gasteiger partial charge is 0.162 e. The number of aliphatic imine (C=N–C) groups is 1. The topological polar surface area (TPSA) is 80.8 Å². The second kappa shape index (κ2) is 11.2. The largest absolute Gasteiger partial charge is 0.379 e. The Morgan fingerprint density at radius 2 is 2.05 bits per heavy atom. The number of aryl methyl sites for hydroxylation is 1. The second-order valence-electron chi connectivity index (χ2n) is 10.1. The SMILES string of the molecule is CCCCc1ccc2nc(CNC3=C4NCN(c5ccsc5)C4=NC(N4CCOCC4)=C(CC)C3)[nH]c2c1. The minimum Gasteiger partial charge on any atom is -0.379 e. The fourth-order valence-electron chi connectivity index (χ4n) is 5.41. The molecular weight excluding hydrogens is 494 g/mol. The lowest BCUT2D eigenvalue weighted by atomic mass is 10.1. The lowest BCUT2D eigenvalue weighted by Crippen LogP contribution is -2.36. The average molecular weight is 532 g/mol. The first-order chi connectivity index (χ1) is 18.7. The van der Waals surface area contributed by atoms with E-state index in [0.29, 0.717) is 13.2 Å². The van der Waals surface area contributed by atoms with E-state index in [1.807, 2.05) is 0 Å². The number of anilines is 1. The lowest BCUT2D eigenvalue weighted by molar-refractivity contribution is 0.0525. The zero-order chi connectivity index (χ0) is 25.9. The fraction of sp³-hybridized carbons (Fsp3) is 0.448. The quantitative estimate of drug-likeness (QED) is 0.357. The highest BCUT2D eigenvalue weighted by Crippen LogP contribution is 2.32. The Balaban J connectivity index is 1.30. The van der Waals surface area contributed by atoms with Gasteiger partial charge in [0.2, 0.25) is 0 Å². The van der Waals surface area contributed by atoms with Gasteiger partial charge in [0.1, 0.15) is 11.6 Å². The van der Waals surface area contributed by atoms with Crippen LogP contribution < -0.4 is 15.5 Å². The molecule has 0 saturated carbocycles. The first-order valence-electron chi connectivity index (χ1n) is 13.9. The molecule has 6 rings (SSSR count). The number of rotatable bonds is 9. The zero-order valence-electron chi connectivity index (χ0n) is 22.3. The molecule has 3 aliphatic heterocycles. The number of aromatic amines is 1. The van der Waals surface area contributed by atoms with Crippen molar-refractivity contribution in [1.82, 2.24) is 25.5 Å². The first kappa shape index (κ1) is 25.0. The third-order valence-electron chi connectivity index (χ3n) is 7.55. The first-order valence-corrected chi connectivity index (χ1v) is 14.8. The van der Waals surface area contributed by atoms with Crippen LogP contribution in [-0.4, -0.2) is 53.7 Å². The monoisotopic (exact) mass is 531 g/mol. The molecular formula is C29H37N7OS. The number of nitrogens with zero attached hydrogens (tertiary/aromatic N) is 4. The Kier molecular flexibility index (Phi) is 7.38. The standard InChI is InChI=1S/C29H37N7OS/c1-3-5-6-20-7-8-23-24(15-20)33-26(32-23)17-30-25-16-21(4-2)28(35-10-12-37-13-11-35)34-29-27(25)31-19-36(29)22-9-14-38-18-22/h7-9,14-15,18,30-31H,3-6,10-13,16-17,19H2,1-2H3,(H,32,33). The Morgan fingerprint density at radius 3 is 2.84 bits per heavy atom. The number of imidazole rings is 1. The number of aromatic nitrogens is 2. The van der Waals surface area contributed by atoms with E-state index in [1.165, 1.54) is 35.4 Å². The van der Waals surface area contributed by atoms with Crippen LogP contribution in [0.2, 0.25) is 0 Å². The summed E-state index contributed by atoms with van der Waals surface area (Å²) in [5.41, 5.74) is 8.29. The van der Waals surface area contributed by atoms with Crippen LogP contribution in [0.4, 0.5) is 5.69 Å². The molecule has 38 heavy (non-hydrogen) atoms. The predicted octanol–water partition coefficient (Wildman–Crippen LogP) is 5.09. The van der Waals surface area contributed by atoms with Crippen molar-refractivity contribution >= 4 is 33.9 Å². The van der Waals surface area contributed by atoms with Crippen molar-refractivity contribution in [3.63, 3.8) is 0 Å². The number of unbranched alkanes of at least 4 members (excludes halogenated alkanes) is 1. The van der Waals surface area contributed by atoms with Crippen LogP contribution in [0.5, 0.6) is 0 Å². The van der Waals surface area contributed by atoms with Gasteiger partial charge in [0.15, 0.2) is 5.84 Å². The number of allylic oxidation sites excluding steroid dienone is 1. The van der Waals surface area contributed by atoms with Gasteiger partial charge < -0.3 is 30.2 Å². The molecule has 0 radical (unpaired) electrons. The Hall–Kier alpha value is -3.30. The fourth-order valence-corrected chi connectivity index (χ4v) is 6.05. The normalized spacial score (nSPS) is 18.1. The van der Waals surface area contributed by atoms with E-state index in [-0.39, 0.29) is 0 Å². The van der Waals surface area contributed by atoms with Crippen LogP contribution in [0.3, 0.4) is 0 Å². The summed E-state index contributed by atoms with van der Waals surface area (Å²) in [5.74, 6) is 3.04. The molecule has 2 aromatic heterocycles. The molecule has 3 aromatic rings. The minimum absolute atomic E-state index is 0.634. The molecule has 0 unspecified atom stereocenters. The van der Waals surface area contributed by atoms with Crippen LogP contribution in [-0.2, 0) is 17.7 Å². The van der Waals surface area contributed by atoms with Crippen molar-refractivity contribution in [3.05, 3.63) is 69.2 Å². The van der Waals surface area contributed by atoms with Gasteiger partial charge >= 0.3 is 0 Å². The average Bonchev–Trinajstić information content (AvgIpc) is 3.69. The Bertz CT molecular complexity index is 1360. The number of hydrogen-bond acceptors (Lipinski definition) is 8. The third-order valence-corrected chi connectivity index (χ3v) is 8.22. The maximum atomic E-state index is 5.65. The van der Waals surface area contributed by atoms with Crippen LogP contribution in [0, 0.1) is 0 Å². The highest BCUT2D eigenvalue weighted by atomic mass is 32.1. The Morgan fingerprint density at radius 1 is 1.16 bits per heavy atom. The number of H-pyrrole nitrogens is 1. The summed E-state index contributed by atoms with van der Waals surface area (Å²) in [6.45, 7) is 9.05. The van der Waals surface area contributed by atoms with E-state index in [2.05, 4.69) is 74.3 Å². The van der Waals surface area contributed by atoms with Crippen molar-refractivity contribution in [1.29, 1.82) is 0 Å². The van der Waals surface area contributed by atoms with E-state index < -0.39 is 0 Å². The summed E-state index contributed by atoms with van der Waals surface area (Å²) in [5, 5.41) is 11.7. The molecule has 9 heteroatoms. The van der Waals surface area contributed by atoms with E-state index >= 15 is 0 Å². The van der Waals surface area contributed by atoms with Crippen molar-refractivity contribution in [2.75, 3.05) is 37.9 Å². The highest BCUT2D eigenvalue weighted by molar-refractivity contribution is 7.08. The van der Waals surface area contributed by atoms with Crippen LogP contribution in [0.15, 0.2) is 62.8 Å². The summed E-state index contributed by atoms with van der Waals surface area (Å²) in [4.78, 5) is 18.5. The molecule has 3 N–H and O–H groups in total. The molecule has 1 aromatic carbocycles. The van der Waals surface area contributed by atoms with Gasteiger partial charge in [0, 0.05) is 30.6 Å². The second-order valence-corrected chi connectivity index (χ2v) is 10.9. The van der Waals surface area contributed by atoms with Gasteiger partial charge in [-0.05, 0) is 54.0 Å². The molecule has 8 nitrogen and oxygen atoms in total. The molecule has 5 heterocycles. The zero-order valence-corrected chi connectivity index (χ0v) is 23.2. The van der Waals surface area contributed by atoms with E-state index in [0.717, 1.165) is 79.8 Å². The number of amidine groups is 1.